The summed E-state index contributed by atoms with van der Waals surface area (Å²) in [5.41, 5.74) is 0.914. The molecule has 0 radical (unpaired) electrons. The average molecular weight is 471 g/mol. The molecule has 154 valence electrons. The molecule has 5 rings (SSSR count). The second-order valence-corrected chi connectivity index (χ2v) is 8.68. The van der Waals surface area contributed by atoms with Crippen molar-refractivity contribution in [2.75, 3.05) is 4.90 Å². The number of anilines is 1. The van der Waals surface area contributed by atoms with Crippen LogP contribution in [0.1, 0.15) is 17.4 Å². The van der Waals surface area contributed by atoms with Gasteiger partial charge >= 0.3 is 5.91 Å². The van der Waals surface area contributed by atoms with Gasteiger partial charge in [-0.25, -0.2) is 4.98 Å². The van der Waals surface area contributed by atoms with Gasteiger partial charge in [0.25, 0.3) is 5.78 Å². The second-order valence-electron chi connectivity index (χ2n) is 6.80. The summed E-state index contributed by atoms with van der Waals surface area (Å²) in [6, 6.07) is 13.8. The summed E-state index contributed by atoms with van der Waals surface area (Å²) in [7, 11) is 0. The molecule has 1 amide bonds. The Bertz CT molecular complexity index is 1360. The first kappa shape index (κ1) is 19.8. The number of benzene rings is 2. The Morgan fingerprint density at radius 1 is 1.06 bits per heavy atom. The zero-order chi connectivity index (χ0) is 21.7. The number of fused-ring (bicyclic) bond motifs is 1. The lowest BCUT2D eigenvalue weighted by molar-refractivity contribution is -0.132. The molecule has 1 aliphatic heterocycles. The number of Topliss-reactive ketones (excluding diaryl/α,β-unsaturated/α-hetero) is 1. The summed E-state index contributed by atoms with van der Waals surface area (Å²) in [6.45, 7) is 0. The average Bonchev–Trinajstić information content (AvgIpc) is 3.47. The Hall–Kier alpha value is -3.13. The van der Waals surface area contributed by atoms with E-state index in [-0.39, 0.29) is 11.3 Å². The molecular formula is C22H12Cl2N2O4S. The SMILES string of the molecule is O=C1C(=O)N(c2nc3ccc(Cl)cc3s2)C(c2ccco2)C1=C(O)c1ccc(Cl)cc1. The van der Waals surface area contributed by atoms with E-state index in [0.717, 1.165) is 4.70 Å². The fourth-order valence-corrected chi connectivity index (χ4v) is 4.89. The van der Waals surface area contributed by atoms with Crippen LogP contribution >= 0.6 is 34.5 Å². The van der Waals surface area contributed by atoms with E-state index < -0.39 is 17.7 Å². The number of rotatable bonds is 3. The lowest BCUT2D eigenvalue weighted by Gasteiger charge is -2.20. The molecule has 0 bridgehead atoms. The van der Waals surface area contributed by atoms with Gasteiger partial charge in [-0.1, -0.05) is 34.5 Å². The number of aromatic nitrogens is 1. The van der Waals surface area contributed by atoms with Crippen LogP contribution in [0.2, 0.25) is 10.0 Å². The van der Waals surface area contributed by atoms with Crippen molar-refractivity contribution < 1.29 is 19.1 Å². The van der Waals surface area contributed by atoms with Crippen molar-refractivity contribution in [3.05, 3.63) is 87.8 Å². The maximum absolute atomic E-state index is 13.1. The van der Waals surface area contributed by atoms with E-state index >= 15 is 0 Å². The number of amides is 1. The van der Waals surface area contributed by atoms with Crippen molar-refractivity contribution in [1.29, 1.82) is 0 Å². The number of carbonyl (C=O) groups excluding carboxylic acids is 2. The first-order chi connectivity index (χ1) is 14.9. The molecule has 1 unspecified atom stereocenters. The number of hydrogen-bond donors (Lipinski definition) is 1. The number of hydrogen-bond acceptors (Lipinski definition) is 6. The molecule has 6 nitrogen and oxygen atoms in total. The third-order valence-corrected chi connectivity index (χ3v) is 6.42. The molecule has 2 aromatic heterocycles. The number of ketones is 1. The first-order valence-corrected chi connectivity index (χ1v) is 10.7. The van der Waals surface area contributed by atoms with Crippen LogP contribution in [0.4, 0.5) is 5.13 Å². The third kappa shape index (κ3) is 3.31. The van der Waals surface area contributed by atoms with Gasteiger partial charge in [0.1, 0.15) is 17.6 Å². The molecule has 0 aliphatic carbocycles. The number of furan rings is 1. The summed E-state index contributed by atoms with van der Waals surface area (Å²) < 4.78 is 6.30. The van der Waals surface area contributed by atoms with Gasteiger partial charge in [-0.05, 0) is 54.6 Å². The van der Waals surface area contributed by atoms with Crippen LogP contribution < -0.4 is 4.90 Å². The maximum Gasteiger partial charge on any atom is 0.302 e. The molecule has 2 aromatic carbocycles. The zero-order valence-electron chi connectivity index (χ0n) is 15.6. The highest BCUT2D eigenvalue weighted by atomic mass is 35.5. The normalized spacial score (nSPS) is 18.3. The topological polar surface area (TPSA) is 83.6 Å². The highest BCUT2D eigenvalue weighted by molar-refractivity contribution is 7.22. The summed E-state index contributed by atoms with van der Waals surface area (Å²) in [4.78, 5) is 31.8. The molecule has 4 aromatic rings. The van der Waals surface area contributed by atoms with Crippen molar-refractivity contribution in [2.45, 2.75) is 6.04 Å². The van der Waals surface area contributed by atoms with Crippen LogP contribution in [0.3, 0.4) is 0 Å². The minimum absolute atomic E-state index is 0.0837. The highest BCUT2D eigenvalue weighted by Crippen LogP contribution is 2.44. The summed E-state index contributed by atoms with van der Waals surface area (Å²) in [6.07, 6.45) is 1.44. The van der Waals surface area contributed by atoms with E-state index in [9.17, 15) is 14.7 Å². The molecule has 1 aliphatic rings. The van der Waals surface area contributed by atoms with Gasteiger partial charge in [-0.15, -0.1) is 0 Å². The molecule has 31 heavy (non-hydrogen) atoms. The highest BCUT2D eigenvalue weighted by Gasteiger charge is 2.49. The van der Waals surface area contributed by atoms with Gasteiger partial charge in [-0.2, -0.15) is 0 Å². The third-order valence-electron chi connectivity index (χ3n) is 4.92. The molecule has 0 spiro atoms. The number of aliphatic hydroxyl groups excluding tert-OH is 1. The number of halogens is 2. The van der Waals surface area contributed by atoms with Crippen LogP contribution in [0.5, 0.6) is 0 Å². The van der Waals surface area contributed by atoms with Gasteiger partial charge in [0.2, 0.25) is 0 Å². The van der Waals surface area contributed by atoms with Crippen molar-refractivity contribution in [3.63, 3.8) is 0 Å². The van der Waals surface area contributed by atoms with Gasteiger partial charge in [-0.3, -0.25) is 14.5 Å². The molecule has 1 saturated heterocycles. The van der Waals surface area contributed by atoms with Crippen molar-refractivity contribution in [2.24, 2.45) is 0 Å². The minimum Gasteiger partial charge on any atom is -0.507 e. The predicted molar refractivity (Wildman–Crippen MR) is 120 cm³/mol. The second kappa shape index (κ2) is 7.53. The Labute approximate surface area is 189 Å². The fraction of sp³-hybridized carbons (Fsp3) is 0.0455. The lowest BCUT2D eigenvalue weighted by atomic mass is 9.99. The van der Waals surface area contributed by atoms with Gasteiger partial charge < -0.3 is 9.52 Å². The Morgan fingerprint density at radius 2 is 1.81 bits per heavy atom. The largest absolute Gasteiger partial charge is 0.507 e. The standard InChI is InChI=1S/C22H12Cl2N2O4S/c23-12-5-3-11(4-6-12)19(27)17-18(15-2-1-9-30-15)26(21(29)20(17)28)22-25-14-8-7-13(24)10-16(14)31-22/h1-10,18,27H. The molecule has 9 heteroatoms. The number of carbonyl (C=O) groups is 2. The monoisotopic (exact) mass is 470 g/mol. The summed E-state index contributed by atoms with van der Waals surface area (Å²) in [5, 5.41) is 12.3. The number of nitrogens with zero attached hydrogens (tertiary/aromatic N) is 2. The van der Waals surface area contributed by atoms with Crippen LogP contribution in [0.15, 0.2) is 70.9 Å². The van der Waals surface area contributed by atoms with Gasteiger partial charge in [0, 0.05) is 15.6 Å². The first-order valence-electron chi connectivity index (χ1n) is 9.10. The Kier molecular flexibility index (Phi) is 4.81. The van der Waals surface area contributed by atoms with Gasteiger partial charge in [0.15, 0.2) is 5.13 Å². The van der Waals surface area contributed by atoms with E-state index in [0.29, 0.717) is 32.0 Å². The van der Waals surface area contributed by atoms with Crippen LogP contribution in [0, 0.1) is 0 Å². The van der Waals surface area contributed by atoms with Crippen LogP contribution in [-0.4, -0.2) is 21.8 Å². The lowest BCUT2D eigenvalue weighted by Crippen LogP contribution is -2.29. The van der Waals surface area contributed by atoms with E-state index in [4.69, 9.17) is 27.6 Å². The van der Waals surface area contributed by atoms with E-state index in [2.05, 4.69) is 4.98 Å². The van der Waals surface area contributed by atoms with Crippen molar-refractivity contribution in [3.8, 4) is 0 Å². The van der Waals surface area contributed by atoms with Crippen LogP contribution in [0.25, 0.3) is 16.0 Å². The molecular weight excluding hydrogens is 459 g/mol. The van der Waals surface area contributed by atoms with Gasteiger partial charge in [0.05, 0.1) is 22.1 Å². The Morgan fingerprint density at radius 3 is 2.52 bits per heavy atom. The minimum atomic E-state index is -0.971. The number of aliphatic hydroxyl groups is 1. The fourth-order valence-electron chi connectivity index (χ4n) is 3.50. The van der Waals surface area contributed by atoms with E-state index in [1.165, 1.54) is 22.5 Å². The van der Waals surface area contributed by atoms with E-state index in [1.54, 1.807) is 54.6 Å². The summed E-state index contributed by atoms with van der Waals surface area (Å²) in [5.74, 6) is -1.62. The molecule has 1 atom stereocenters. The predicted octanol–water partition coefficient (Wildman–Crippen LogP) is 5.82. The molecule has 1 N–H and O–H groups in total. The van der Waals surface area contributed by atoms with E-state index in [1.807, 2.05) is 0 Å². The van der Waals surface area contributed by atoms with Crippen molar-refractivity contribution in [1.82, 2.24) is 4.98 Å². The smallest absolute Gasteiger partial charge is 0.302 e. The molecule has 3 heterocycles. The number of thiazole rings is 1. The van der Waals surface area contributed by atoms with Crippen molar-refractivity contribution >= 4 is 67.3 Å². The van der Waals surface area contributed by atoms with Crippen LogP contribution in [-0.2, 0) is 9.59 Å². The molecule has 0 saturated carbocycles. The zero-order valence-corrected chi connectivity index (χ0v) is 17.9. The quantitative estimate of drug-likeness (QED) is 0.231. The Balaban J connectivity index is 1.71. The molecule has 1 fully saturated rings. The summed E-state index contributed by atoms with van der Waals surface area (Å²) >= 11 is 13.2. The maximum atomic E-state index is 13.1.